The first-order valence-corrected chi connectivity index (χ1v) is 4.34. The second kappa shape index (κ2) is 6.64. The van der Waals surface area contributed by atoms with Gasteiger partial charge < -0.3 is 0 Å². The molecule has 0 radical (unpaired) electrons. The minimum atomic E-state index is 0.729. The van der Waals surface area contributed by atoms with E-state index in [4.69, 9.17) is 0 Å². The van der Waals surface area contributed by atoms with Gasteiger partial charge in [-0.15, -0.1) is 10.1 Å². The first-order chi connectivity index (χ1) is 6.00. The second-order valence-electron chi connectivity index (χ2n) is 2.69. The summed E-state index contributed by atoms with van der Waals surface area (Å²) in [6, 6.07) is 0. The van der Waals surface area contributed by atoms with E-state index in [0.29, 0.717) is 0 Å². The molecule has 1 aliphatic heterocycles. The van der Waals surface area contributed by atoms with Gasteiger partial charge in [0.2, 0.25) is 0 Å². The topological polar surface area (TPSA) is 43.2 Å². The van der Waals surface area contributed by atoms with Crippen molar-refractivity contribution >= 4 is 0 Å². The van der Waals surface area contributed by atoms with Crippen molar-refractivity contribution in [2.45, 2.75) is 32.1 Å². The van der Waals surface area contributed by atoms with E-state index in [1.54, 1.807) is 0 Å². The van der Waals surface area contributed by atoms with E-state index in [0.717, 1.165) is 19.4 Å². The van der Waals surface area contributed by atoms with Crippen molar-refractivity contribution in [2.24, 2.45) is 10.4 Å². The summed E-state index contributed by atoms with van der Waals surface area (Å²) >= 11 is 0. The van der Waals surface area contributed by atoms with Gasteiger partial charge in [-0.2, -0.15) is 0 Å². The van der Waals surface area contributed by atoms with Crippen LogP contribution in [0.2, 0.25) is 0 Å². The second-order valence-corrected chi connectivity index (χ2v) is 2.69. The Labute approximate surface area is 72.2 Å². The minimum Gasteiger partial charge on any atom is -0.274 e. The van der Waals surface area contributed by atoms with Crippen LogP contribution in [-0.4, -0.2) is 6.54 Å². The number of hydrogen-bond donors (Lipinski definition) is 0. The van der Waals surface area contributed by atoms with Crippen LogP contribution in [0, 0.1) is 0 Å². The van der Waals surface area contributed by atoms with Crippen LogP contribution in [0.4, 0.5) is 0 Å². The van der Waals surface area contributed by atoms with Gasteiger partial charge in [-0.25, -0.2) is 0 Å². The molecule has 4 heteroatoms. The molecule has 4 nitrogen and oxygen atoms in total. The summed E-state index contributed by atoms with van der Waals surface area (Å²) in [6.45, 7) is 0.729. The summed E-state index contributed by atoms with van der Waals surface area (Å²) in [6.07, 6.45) is 9.22. The number of nitrogens with zero attached hydrogens (tertiary/aromatic N) is 2. The molecule has 0 fully saturated rings. The van der Waals surface area contributed by atoms with Crippen LogP contribution in [0.3, 0.4) is 0 Å². The molecule has 0 aromatic heterocycles. The summed E-state index contributed by atoms with van der Waals surface area (Å²) in [4.78, 5) is 8.94. The highest BCUT2D eigenvalue weighted by Crippen LogP contribution is 2.04. The van der Waals surface area contributed by atoms with Crippen LogP contribution in [0.1, 0.15) is 32.1 Å². The predicted molar refractivity (Wildman–Crippen MR) is 44.1 cm³/mol. The van der Waals surface area contributed by atoms with Crippen molar-refractivity contribution in [3.63, 3.8) is 0 Å². The monoisotopic (exact) mass is 170 g/mol. The zero-order valence-corrected chi connectivity index (χ0v) is 7.11. The minimum absolute atomic E-state index is 0.729. The highest BCUT2D eigenvalue weighted by Gasteiger charge is 1.90. The highest BCUT2D eigenvalue weighted by atomic mass is 17.3. The molecule has 1 heterocycles. The smallest absolute Gasteiger partial charge is 0.141 e. The maximum Gasteiger partial charge on any atom is 0.141 e. The molecule has 0 atom stereocenters. The van der Waals surface area contributed by atoms with E-state index < -0.39 is 0 Å². The Kier molecular flexibility index (Phi) is 5.00. The molecule has 0 N–H and O–H groups in total. The lowest BCUT2D eigenvalue weighted by Gasteiger charge is -1.97. The van der Waals surface area contributed by atoms with Gasteiger partial charge in [0.25, 0.3) is 0 Å². The Morgan fingerprint density at radius 1 is 1.08 bits per heavy atom. The van der Waals surface area contributed by atoms with Gasteiger partial charge in [0.05, 0.1) is 11.8 Å². The normalized spacial score (nSPS) is 20.0. The van der Waals surface area contributed by atoms with Crippen LogP contribution in [-0.2, 0) is 9.88 Å². The maximum absolute atomic E-state index is 4.57. The Bertz CT molecular complexity index is 139. The number of rotatable bonds is 0. The first-order valence-electron chi connectivity index (χ1n) is 4.34. The molecule has 0 amide bonds. The van der Waals surface area contributed by atoms with Crippen molar-refractivity contribution in [3.8, 4) is 0 Å². The van der Waals surface area contributed by atoms with Gasteiger partial charge in [0.15, 0.2) is 0 Å². The molecule has 0 aromatic rings. The maximum atomic E-state index is 4.57. The zero-order valence-electron chi connectivity index (χ0n) is 7.11. The van der Waals surface area contributed by atoms with Crippen LogP contribution in [0.15, 0.2) is 22.7 Å². The fourth-order valence-corrected chi connectivity index (χ4v) is 1.01. The van der Waals surface area contributed by atoms with Crippen molar-refractivity contribution < 1.29 is 9.88 Å². The fraction of sp³-hybridized carbons (Fsp3) is 0.750. The van der Waals surface area contributed by atoms with Gasteiger partial charge >= 0.3 is 0 Å². The van der Waals surface area contributed by atoms with Crippen molar-refractivity contribution in [3.05, 3.63) is 12.3 Å². The van der Waals surface area contributed by atoms with Crippen molar-refractivity contribution in [2.75, 3.05) is 6.54 Å². The summed E-state index contributed by atoms with van der Waals surface area (Å²) in [7, 11) is 0. The van der Waals surface area contributed by atoms with E-state index in [1.807, 2.05) is 6.08 Å². The molecule has 0 unspecified atom stereocenters. The average Bonchev–Trinajstić information content (AvgIpc) is 2.05. The molecule has 1 rings (SSSR count). The van der Waals surface area contributed by atoms with E-state index in [9.17, 15) is 0 Å². The Hall–Kier alpha value is -1.06. The predicted octanol–water partition coefficient (Wildman–Crippen LogP) is 2.78. The van der Waals surface area contributed by atoms with Crippen LogP contribution in [0.5, 0.6) is 0 Å². The Morgan fingerprint density at radius 3 is 3.00 bits per heavy atom. The molecule has 0 bridgehead atoms. The van der Waals surface area contributed by atoms with Crippen molar-refractivity contribution in [1.29, 1.82) is 0 Å². The third-order valence-corrected chi connectivity index (χ3v) is 1.66. The van der Waals surface area contributed by atoms with Crippen LogP contribution in [0.25, 0.3) is 0 Å². The molecule has 0 aromatic carbocycles. The highest BCUT2D eigenvalue weighted by molar-refractivity contribution is 4.71. The third-order valence-electron chi connectivity index (χ3n) is 1.66. The van der Waals surface area contributed by atoms with Gasteiger partial charge in [-0.3, -0.25) is 4.89 Å². The number of hydrogen-bond acceptors (Lipinski definition) is 4. The molecule has 12 heavy (non-hydrogen) atoms. The largest absolute Gasteiger partial charge is 0.274 e. The fourth-order valence-electron chi connectivity index (χ4n) is 1.01. The molecule has 1 aliphatic rings. The summed E-state index contributed by atoms with van der Waals surface area (Å²) in [5, 5.41) is 7.10. The van der Waals surface area contributed by atoms with Crippen molar-refractivity contribution in [1.82, 2.24) is 0 Å². The van der Waals surface area contributed by atoms with E-state index >= 15 is 0 Å². The average molecular weight is 170 g/mol. The quantitative estimate of drug-likeness (QED) is 0.524. The first kappa shape index (κ1) is 9.03. The molecule has 0 spiro atoms. The molecule has 0 saturated carbocycles. The van der Waals surface area contributed by atoms with Gasteiger partial charge in [0, 0.05) is 0 Å². The van der Waals surface area contributed by atoms with Gasteiger partial charge in [-0.1, -0.05) is 12.8 Å². The molecule has 0 aliphatic carbocycles. The lowest BCUT2D eigenvalue weighted by Crippen LogP contribution is -1.84. The zero-order chi connectivity index (χ0) is 8.49. The summed E-state index contributed by atoms with van der Waals surface area (Å²) < 4.78 is 0. The van der Waals surface area contributed by atoms with Crippen LogP contribution < -0.4 is 0 Å². The van der Waals surface area contributed by atoms with E-state index in [2.05, 4.69) is 20.3 Å². The summed E-state index contributed by atoms with van der Waals surface area (Å²) in [5.41, 5.74) is 0. The van der Waals surface area contributed by atoms with Gasteiger partial charge in [0.1, 0.15) is 6.26 Å². The van der Waals surface area contributed by atoms with E-state index in [1.165, 1.54) is 25.5 Å². The van der Waals surface area contributed by atoms with Crippen LogP contribution >= 0.6 is 0 Å². The van der Waals surface area contributed by atoms with E-state index in [-0.39, 0.29) is 0 Å². The standard InChI is InChI=1S/C8H14N2O2/c1-2-4-6-8-11-12-10-9-7-5-3-1/h6,8H,1-5,7H2. The summed E-state index contributed by atoms with van der Waals surface area (Å²) in [5.74, 6) is 0. The number of allylic oxidation sites excluding steroid dienone is 1. The lowest BCUT2D eigenvalue weighted by molar-refractivity contribution is -0.257. The third kappa shape index (κ3) is 4.71. The Morgan fingerprint density at radius 2 is 2.00 bits per heavy atom. The molecule has 0 saturated heterocycles. The van der Waals surface area contributed by atoms with Gasteiger partial charge in [-0.05, 0) is 25.3 Å². The SMILES string of the molecule is C1=COON=NCCCCCC1. The molecular formula is C8H14N2O2. The lowest BCUT2D eigenvalue weighted by atomic mass is 10.1. The molecular weight excluding hydrogens is 156 g/mol. The molecule has 68 valence electrons. The Balaban J connectivity index is 2.19.